The summed E-state index contributed by atoms with van der Waals surface area (Å²) in [5.41, 5.74) is 0.555. The molecular formula is C15H17ClN2O5. The van der Waals surface area contributed by atoms with E-state index in [2.05, 4.69) is 14.8 Å². The second kappa shape index (κ2) is 7.32. The number of nitrogens with zero attached hydrogens (tertiary/aromatic N) is 1. The Kier molecular flexibility index (Phi) is 5.44. The van der Waals surface area contributed by atoms with E-state index in [-0.39, 0.29) is 22.2 Å². The number of anilines is 1. The molecule has 1 aromatic carbocycles. The van der Waals surface area contributed by atoms with Crippen LogP contribution in [0.2, 0.25) is 5.02 Å². The summed E-state index contributed by atoms with van der Waals surface area (Å²) >= 11 is 6.05. The van der Waals surface area contributed by atoms with Gasteiger partial charge in [0, 0.05) is 6.54 Å². The lowest BCUT2D eigenvalue weighted by Crippen LogP contribution is -2.43. The average Bonchev–Trinajstić information content (AvgIpc) is 3.05. The Morgan fingerprint density at radius 2 is 2.00 bits per heavy atom. The molecule has 1 saturated heterocycles. The van der Waals surface area contributed by atoms with E-state index in [1.807, 2.05) is 0 Å². The van der Waals surface area contributed by atoms with E-state index in [4.69, 9.17) is 11.6 Å². The molecule has 2 rings (SSSR count). The largest absolute Gasteiger partial charge is 0.465 e. The Balaban J connectivity index is 2.16. The van der Waals surface area contributed by atoms with E-state index in [0.29, 0.717) is 19.4 Å². The Bertz CT molecular complexity index is 634. The maximum Gasteiger partial charge on any atom is 0.410 e. The zero-order valence-electron chi connectivity index (χ0n) is 12.8. The molecule has 8 heteroatoms. The van der Waals surface area contributed by atoms with E-state index in [0.717, 1.165) is 0 Å². The molecule has 1 unspecified atom stereocenters. The topological polar surface area (TPSA) is 84.9 Å². The Hall–Kier alpha value is -2.28. The summed E-state index contributed by atoms with van der Waals surface area (Å²) in [6.07, 6.45) is 0.704. The third-order valence-electron chi connectivity index (χ3n) is 3.61. The molecule has 1 atom stereocenters. The minimum absolute atomic E-state index is 0.267. The van der Waals surface area contributed by atoms with Crippen LogP contribution in [0.5, 0.6) is 0 Å². The number of methoxy groups -OCH3 is 2. The SMILES string of the molecule is COC(=O)c1ccc(Cl)c(NC(=O)C2CCCN2C(=O)OC)c1. The molecule has 1 aromatic rings. The summed E-state index contributed by atoms with van der Waals surface area (Å²) in [5.74, 6) is -0.911. The van der Waals surface area contributed by atoms with Gasteiger partial charge in [-0.2, -0.15) is 0 Å². The van der Waals surface area contributed by atoms with Crippen molar-refractivity contribution < 1.29 is 23.9 Å². The van der Waals surface area contributed by atoms with Crippen LogP contribution in [0, 0.1) is 0 Å². The minimum Gasteiger partial charge on any atom is -0.465 e. The van der Waals surface area contributed by atoms with Crippen LogP contribution in [0.4, 0.5) is 10.5 Å². The number of likely N-dealkylation sites (tertiary alicyclic amines) is 1. The highest BCUT2D eigenvalue weighted by Gasteiger charge is 2.35. The lowest BCUT2D eigenvalue weighted by atomic mass is 10.1. The summed E-state index contributed by atoms with van der Waals surface area (Å²) in [4.78, 5) is 37.0. The predicted octanol–water partition coefficient (Wildman–Crippen LogP) is 2.30. The van der Waals surface area contributed by atoms with E-state index in [1.165, 1.54) is 37.3 Å². The van der Waals surface area contributed by atoms with Gasteiger partial charge >= 0.3 is 12.1 Å². The number of nitrogens with one attached hydrogen (secondary N) is 1. The molecule has 7 nitrogen and oxygen atoms in total. The quantitative estimate of drug-likeness (QED) is 0.853. The number of esters is 1. The molecule has 23 heavy (non-hydrogen) atoms. The van der Waals surface area contributed by atoms with Gasteiger partial charge in [0.1, 0.15) is 6.04 Å². The fourth-order valence-electron chi connectivity index (χ4n) is 2.46. The number of carbonyl (C=O) groups is 3. The number of amides is 2. The van der Waals surface area contributed by atoms with Crippen molar-refractivity contribution in [3.8, 4) is 0 Å². The molecule has 1 aliphatic rings. The van der Waals surface area contributed by atoms with Gasteiger partial charge < -0.3 is 14.8 Å². The van der Waals surface area contributed by atoms with E-state index < -0.39 is 18.1 Å². The molecule has 0 bridgehead atoms. The first-order valence-corrected chi connectivity index (χ1v) is 7.39. The number of carbonyl (C=O) groups excluding carboxylic acids is 3. The van der Waals surface area contributed by atoms with Crippen LogP contribution in [0.15, 0.2) is 18.2 Å². The van der Waals surface area contributed by atoms with Crippen LogP contribution in [0.25, 0.3) is 0 Å². The first-order valence-electron chi connectivity index (χ1n) is 7.01. The Morgan fingerprint density at radius 1 is 1.26 bits per heavy atom. The Morgan fingerprint density at radius 3 is 2.65 bits per heavy atom. The van der Waals surface area contributed by atoms with Gasteiger partial charge in [0.2, 0.25) is 5.91 Å². The lowest BCUT2D eigenvalue weighted by molar-refractivity contribution is -0.119. The molecule has 0 aromatic heterocycles. The van der Waals surface area contributed by atoms with Crippen LogP contribution >= 0.6 is 11.6 Å². The Labute approximate surface area is 138 Å². The summed E-state index contributed by atoms with van der Waals surface area (Å²) < 4.78 is 9.31. The fourth-order valence-corrected chi connectivity index (χ4v) is 2.62. The van der Waals surface area contributed by atoms with E-state index in [1.54, 1.807) is 0 Å². The fraction of sp³-hybridized carbons (Fsp3) is 0.400. The molecular weight excluding hydrogens is 324 g/mol. The highest BCUT2D eigenvalue weighted by Crippen LogP contribution is 2.26. The summed E-state index contributed by atoms with van der Waals surface area (Å²) in [6.45, 7) is 0.459. The third-order valence-corrected chi connectivity index (χ3v) is 3.94. The van der Waals surface area contributed by atoms with Crippen molar-refractivity contribution in [1.29, 1.82) is 0 Å². The molecule has 0 saturated carbocycles. The van der Waals surface area contributed by atoms with Crippen molar-refractivity contribution in [2.75, 3.05) is 26.1 Å². The number of hydrogen-bond donors (Lipinski definition) is 1. The van der Waals surface area contributed by atoms with Crippen molar-refractivity contribution in [2.45, 2.75) is 18.9 Å². The van der Waals surface area contributed by atoms with Gasteiger partial charge in [0.25, 0.3) is 0 Å². The van der Waals surface area contributed by atoms with Crippen LogP contribution in [-0.2, 0) is 14.3 Å². The van der Waals surface area contributed by atoms with Crippen LogP contribution in [0.1, 0.15) is 23.2 Å². The minimum atomic E-state index is -0.625. The highest BCUT2D eigenvalue weighted by molar-refractivity contribution is 6.34. The molecule has 1 N–H and O–H groups in total. The molecule has 124 valence electrons. The second-order valence-corrected chi connectivity index (χ2v) is 5.40. The average molecular weight is 341 g/mol. The summed E-state index contributed by atoms with van der Waals surface area (Å²) in [6, 6.07) is 3.81. The number of halogens is 1. The lowest BCUT2D eigenvalue weighted by Gasteiger charge is -2.22. The van der Waals surface area contributed by atoms with Gasteiger partial charge in [-0.05, 0) is 31.0 Å². The van der Waals surface area contributed by atoms with Gasteiger partial charge in [-0.15, -0.1) is 0 Å². The van der Waals surface area contributed by atoms with Gasteiger partial charge in [-0.3, -0.25) is 9.69 Å². The monoisotopic (exact) mass is 340 g/mol. The van der Waals surface area contributed by atoms with Crippen LogP contribution < -0.4 is 5.32 Å². The second-order valence-electron chi connectivity index (χ2n) is 5.00. The molecule has 2 amide bonds. The maximum atomic E-state index is 12.4. The van der Waals surface area contributed by atoms with Crippen molar-refractivity contribution >= 4 is 35.3 Å². The normalized spacial score (nSPS) is 16.8. The first-order chi connectivity index (χ1) is 11.0. The molecule has 0 radical (unpaired) electrons. The van der Waals surface area contributed by atoms with Crippen molar-refractivity contribution in [2.24, 2.45) is 0 Å². The van der Waals surface area contributed by atoms with E-state index in [9.17, 15) is 14.4 Å². The first kappa shape index (κ1) is 17.1. The number of hydrogen-bond acceptors (Lipinski definition) is 5. The number of benzene rings is 1. The zero-order valence-corrected chi connectivity index (χ0v) is 13.6. The molecule has 1 fully saturated rings. The zero-order chi connectivity index (χ0) is 17.0. The highest BCUT2D eigenvalue weighted by atomic mass is 35.5. The number of rotatable bonds is 3. The maximum absolute atomic E-state index is 12.4. The van der Waals surface area contributed by atoms with Gasteiger partial charge in [0.15, 0.2) is 0 Å². The van der Waals surface area contributed by atoms with Crippen molar-refractivity contribution in [3.63, 3.8) is 0 Å². The van der Waals surface area contributed by atoms with Crippen molar-refractivity contribution in [1.82, 2.24) is 4.90 Å². The molecule has 0 spiro atoms. The van der Waals surface area contributed by atoms with Gasteiger partial charge in [0.05, 0.1) is 30.5 Å². The summed E-state index contributed by atoms with van der Waals surface area (Å²) in [5, 5.41) is 2.94. The molecule has 1 aliphatic heterocycles. The predicted molar refractivity (Wildman–Crippen MR) is 83.6 cm³/mol. The number of ether oxygens (including phenoxy) is 2. The molecule has 1 heterocycles. The van der Waals surface area contributed by atoms with Gasteiger partial charge in [-0.25, -0.2) is 9.59 Å². The summed E-state index contributed by atoms with van der Waals surface area (Å²) in [7, 11) is 2.54. The van der Waals surface area contributed by atoms with E-state index >= 15 is 0 Å². The van der Waals surface area contributed by atoms with Crippen LogP contribution in [0.3, 0.4) is 0 Å². The molecule has 0 aliphatic carbocycles. The smallest absolute Gasteiger partial charge is 0.410 e. The standard InChI is InChI=1S/C15H17ClN2O5/c1-22-14(20)9-5-6-10(16)11(8-9)17-13(19)12-4-3-7-18(12)15(21)23-2/h5-6,8,12H,3-4,7H2,1-2H3,(H,17,19). The third kappa shape index (κ3) is 3.73. The van der Waals surface area contributed by atoms with Gasteiger partial charge in [-0.1, -0.05) is 11.6 Å². The van der Waals surface area contributed by atoms with Crippen LogP contribution in [-0.4, -0.2) is 49.7 Å². The van der Waals surface area contributed by atoms with Crippen molar-refractivity contribution in [3.05, 3.63) is 28.8 Å².